The summed E-state index contributed by atoms with van der Waals surface area (Å²) in [6.45, 7) is 13.7. The number of rotatable bonds is 8. The van der Waals surface area contributed by atoms with Gasteiger partial charge in [0.05, 0.1) is 23.6 Å². The molecule has 0 radical (unpaired) electrons. The van der Waals surface area contributed by atoms with Gasteiger partial charge >= 0.3 is 0 Å². The molecular weight excluding hydrogens is 416 g/mol. The number of likely N-dealkylation sites (N-methyl/N-ethyl adjacent to an activating group) is 1. The molecule has 0 bridgehead atoms. The predicted molar refractivity (Wildman–Crippen MR) is 130 cm³/mol. The molecule has 0 spiro atoms. The summed E-state index contributed by atoms with van der Waals surface area (Å²) in [7, 11) is 0. The van der Waals surface area contributed by atoms with E-state index in [0.29, 0.717) is 29.7 Å². The van der Waals surface area contributed by atoms with Crippen molar-refractivity contribution in [2.24, 2.45) is 0 Å². The highest BCUT2D eigenvalue weighted by Gasteiger charge is 2.42. The van der Waals surface area contributed by atoms with Crippen molar-refractivity contribution in [3.8, 4) is 5.75 Å². The Morgan fingerprint density at radius 3 is 2.30 bits per heavy atom. The van der Waals surface area contributed by atoms with Crippen molar-refractivity contribution < 1.29 is 13.9 Å². The second-order valence-corrected chi connectivity index (χ2v) is 8.54. The van der Waals surface area contributed by atoms with Gasteiger partial charge < -0.3 is 19.0 Å². The van der Waals surface area contributed by atoms with Crippen LogP contribution in [0.25, 0.3) is 11.0 Å². The first-order valence-corrected chi connectivity index (χ1v) is 11.7. The summed E-state index contributed by atoms with van der Waals surface area (Å²) in [6.07, 6.45) is 0. The molecule has 1 atom stereocenters. The van der Waals surface area contributed by atoms with Crippen molar-refractivity contribution in [1.29, 1.82) is 0 Å². The number of benzene rings is 2. The quantitative estimate of drug-likeness (QED) is 0.500. The van der Waals surface area contributed by atoms with Gasteiger partial charge in [-0.05, 0) is 74.8 Å². The van der Waals surface area contributed by atoms with Crippen LogP contribution in [0.2, 0.25) is 0 Å². The zero-order chi connectivity index (χ0) is 23.7. The zero-order valence-corrected chi connectivity index (χ0v) is 20.1. The molecule has 1 aliphatic heterocycles. The minimum Gasteiger partial charge on any atom is -0.494 e. The summed E-state index contributed by atoms with van der Waals surface area (Å²) in [5, 5.41) is 0.520. The fourth-order valence-corrected chi connectivity index (χ4v) is 4.55. The Balaban J connectivity index is 1.86. The lowest BCUT2D eigenvalue weighted by atomic mass is 9.97. The molecule has 0 saturated heterocycles. The van der Waals surface area contributed by atoms with Crippen molar-refractivity contribution in [3.63, 3.8) is 0 Å². The lowest BCUT2D eigenvalue weighted by molar-refractivity contribution is 0.0708. The number of aryl methyl sites for hydroxylation is 2. The first-order valence-electron chi connectivity index (χ1n) is 11.7. The standard InChI is InChI=1S/C27H32N2O4/c1-6-28(7-2)13-14-29-24(19-9-11-20(12-10-19)32-8-3)23-25(30)21-15-17(4)18(5)16-22(21)33-26(23)27(29)31/h9-12,15-16,24H,6-8,13-14H2,1-5H3. The minimum atomic E-state index is -0.485. The van der Waals surface area contributed by atoms with Gasteiger partial charge in [-0.15, -0.1) is 0 Å². The van der Waals surface area contributed by atoms with E-state index in [-0.39, 0.29) is 17.1 Å². The van der Waals surface area contributed by atoms with Crippen LogP contribution < -0.4 is 10.2 Å². The largest absolute Gasteiger partial charge is 0.494 e. The van der Waals surface area contributed by atoms with Crippen LogP contribution in [0, 0.1) is 13.8 Å². The van der Waals surface area contributed by atoms with Gasteiger partial charge in [-0.3, -0.25) is 9.59 Å². The molecule has 0 aliphatic carbocycles. The van der Waals surface area contributed by atoms with Crippen LogP contribution in [-0.2, 0) is 0 Å². The Bertz CT molecular complexity index is 1230. The van der Waals surface area contributed by atoms with Crippen LogP contribution >= 0.6 is 0 Å². The molecule has 1 amide bonds. The average molecular weight is 449 g/mol. The van der Waals surface area contributed by atoms with Gasteiger partial charge in [0.25, 0.3) is 5.91 Å². The van der Waals surface area contributed by atoms with Crippen LogP contribution in [0.1, 0.15) is 59.6 Å². The summed E-state index contributed by atoms with van der Waals surface area (Å²) >= 11 is 0. The van der Waals surface area contributed by atoms with E-state index in [2.05, 4.69) is 18.7 Å². The van der Waals surface area contributed by atoms with Gasteiger partial charge in [-0.25, -0.2) is 0 Å². The maximum absolute atomic E-state index is 13.7. The van der Waals surface area contributed by atoms with E-state index < -0.39 is 6.04 Å². The Morgan fingerprint density at radius 1 is 1.00 bits per heavy atom. The topological polar surface area (TPSA) is 63.0 Å². The number of hydrogen-bond acceptors (Lipinski definition) is 5. The monoisotopic (exact) mass is 448 g/mol. The van der Waals surface area contributed by atoms with E-state index >= 15 is 0 Å². The predicted octanol–water partition coefficient (Wildman–Crippen LogP) is 4.70. The molecule has 2 heterocycles. The third kappa shape index (κ3) is 4.15. The van der Waals surface area contributed by atoms with Gasteiger partial charge in [0.2, 0.25) is 5.76 Å². The molecule has 0 saturated carbocycles. The molecule has 174 valence electrons. The van der Waals surface area contributed by atoms with Gasteiger partial charge in [-0.2, -0.15) is 0 Å². The molecule has 1 aromatic heterocycles. The Labute approximate surface area is 194 Å². The molecule has 3 aromatic rings. The van der Waals surface area contributed by atoms with Crippen molar-refractivity contribution in [3.05, 3.63) is 74.6 Å². The highest BCUT2D eigenvalue weighted by Crippen LogP contribution is 2.38. The van der Waals surface area contributed by atoms with Crippen molar-refractivity contribution >= 4 is 16.9 Å². The van der Waals surface area contributed by atoms with E-state index in [1.807, 2.05) is 57.2 Å². The van der Waals surface area contributed by atoms with Crippen LogP contribution in [0.3, 0.4) is 0 Å². The molecular formula is C27H32N2O4. The third-order valence-electron chi connectivity index (χ3n) is 6.64. The normalized spacial score (nSPS) is 15.5. The van der Waals surface area contributed by atoms with Crippen LogP contribution in [-0.4, -0.2) is 48.5 Å². The molecule has 4 rings (SSSR count). The average Bonchev–Trinajstić information content (AvgIpc) is 3.09. The maximum Gasteiger partial charge on any atom is 0.290 e. The molecule has 1 unspecified atom stereocenters. The lowest BCUT2D eigenvalue weighted by Gasteiger charge is -2.28. The second kappa shape index (κ2) is 9.40. The highest BCUT2D eigenvalue weighted by atomic mass is 16.5. The first kappa shape index (κ1) is 23.1. The van der Waals surface area contributed by atoms with E-state index in [0.717, 1.165) is 42.1 Å². The third-order valence-corrected chi connectivity index (χ3v) is 6.64. The van der Waals surface area contributed by atoms with Gasteiger partial charge in [0.1, 0.15) is 11.3 Å². The maximum atomic E-state index is 13.7. The van der Waals surface area contributed by atoms with Crippen molar-refractivity contribution in [1.82, 2.24) is 9.80 Å². The van der Waals surface area contributed by atoms with Crippen LogP contribution in [0.5, 0.6) is 5.75 Å². The molecule has 6 heteroatoms. The zero-order valence-electron chi connectivity index (χ0n) is 20.1. The number of carbonyl (C=O) groups is 1. The SMILES string of the molecule is CCOc1ccc(C2c3c(oc4cc(C)c(C)cc4c3=O)C(=O)N2CCN(CC)CC)cc1. The molecule has 1 aliphatic rings. The number of nitrogens with zero attached hydrogens (tertiary/aromatic N) is 2. The number of amides is 1. The Morgan fingerprint density at radius 2 is 1.67 bits per heavy atom. The van der Waals surface area contributed by atoms with E-state index in [1.54, 1.807) is 4.90 Å². The van der Waals surface area contributed by atoms with Gasteiger partial charge in [-0.1, -0.05) is 26.0 Å². The van der Waals surface area contributed by atoms with Gasteiger partial charge in [0.15, 0.2) is 5.43 Å². The fraction of sp³-hybridized carbons (Fsp3) is 0.407. The lowest BCUT2D eigenvalue weighted by Crippen LogP contribution is -2.37. The van der Waals surface area contributed by atoms with E-state index in [1.165, 1.54) is 0 Å². The molecule has 6 nitrogen and oxygen atoms in total. The van der Waals surface area contributed by atoms with Crippen molar-refractivity contribution in [2.75, 3.05) is 32.8 Å². The highest BCUT2D eigenvalue weighted by molar-refractivity contribution is 5.99. The number of carbonyl (C=O) groups excluding carboxylic acids is 1. The number of fused-ring (bicyclic) bond motifs is 2. The molecule has 33 heavy (non-hydrogen) atoms. The summed E-state index contributed by atoms with van der Waals surface area (Å²) in [6, 6.07) is 10.9. The van der Waals surface area contributed by atoms with E-state index in [9.17, 15) is 9.59 Å². The summed E-state index contributed by atoms with van der Waals surface area (Å²) in [5.74, 6) is 0.694. The van der Waals surface area contributed by atoms with Crippen LogP contribution in [0.4, 0.5) is 0 Å². The van der Waals surface area contributed by atoms with E-state index in [4.69, 9.17) is 9.15 Å². The number of hydrogen-bond donors (Lipinski definition) is 0. The number of ether oxygens (including phenoxy) is 1. The van der Waals surface area contributed by atoms with Crippen LogP contribution in [0.15, 0.2) is 45.6 Å². The summed E-state index contributed by atoms with van der Waals surface area (Å²) in [5.41, 5.74) is 3.69. The van der Waals surface area contributed by atoms with Gasteiger partial charge in [0, 0.05) is 13.1 Å². The van der Waals surface area contributed by atoms with Crippen molar-refractivity contribution in [2.45, 2.75) is 40.7 Å². The Kier molecular flexibility index (Phi) is 6.56. The summed E-state index contributed by atoms with van der Waals surface area (Å²) in [4.78, 5) is 31.3. The fourth-order valence-electron chi connectivity index (χ4n) is 4.55. The second-order valence-electron chi connectivity index (χ2n) is 8.54. The molecule has 0 fully saturated rings. The smallest absolute Gasteiger partial charge is 0.290 e. The first-order chi connectivity index (χ1) is 15.9. The summed E-state index contributed by atoms with van der Waals surface area (Å²) < 4.78 is 11.7. The molecule has 2 aromatic carbocycles. The Hall–Kier alpha value is -3.12. The molecule has 0 N–H and O–H groups in total. The minimum absolute atomic E-state index is 0.132.